The minimum atomic E-state index is -0.152. The number of aryl methyl sites for hydroxylation is 1. The summed E-state index contributed by atoms with van der Waals surface area (Å²) in [6.45, 7) is 2.17. The Kier molecular flexibility index (Phi) is 3.93. The lowest BCUT2D eigenvalue weighted by Gasteiger charge is -2.13. The van der Waals surface area contributed by atoms with Gasteiger partial charge in [0, 0.05) is 16.1 Å². The fourth-order valence-corrected chi connectivity index (χ4v) is 3.17. The van der Waals surface area contributed by atoms with Gasteiger partial charge in [-0.2, -0.15) is 0 Å². The fraction of sp³-hybridized carbons (Fsp3) is 0.158. The molecule has 0 atom stereocenters. The lowest BCUT2D eigenvalue weighted by atomic mass is 10.0. The summed E-state index contributed by atoms with van der Waals surface area (Å²) in [7, 11) is 0. The summed E-state index contributed by atoms with van der Waals surface area (Å²) < 4.78 is 1.61. The van der Waals surface area contributed by atoms with Crippen molar-refractivity contribution in [3.63, 3.8) is 0 Å². The van der Waals surface area contributed by atoms with Crippen LogP contribution >= 0.6 is 11.6 Å². The highest BCUT2D eigenvalue weighted by Crippen LogP contribution is 2.26. The second-order valence-electron chi connectivity index (χ2n) is 5.75. The van der Waals surface area contributed by atoms with Crippen molar-refractivity contribution in [1.29, 1.82) is 0 Å². The maximum absolute atomic E-state index is 12.9. The second kappa shape index (κ2) is 6.26. The largest absolute Gasteiger partial charge is 0.280 e. The van der Waals surface area contributed by atoms with Crippen molar-refractivity contribution in [3.8, 4) is 5.69 Å². The van der Waals surface area contributed by atoms with E-state index >= 15 is 0 Å². The molecule has 6 heteroatoms. The predicted molar refractivity (Wildman–Crippen MR) is 97.8 cm³/mol. The summed E-state index contributed by atoms with van der Waals surface area (Å²) >= 11 is 6.24. The molecule has 25 heavy (non-hydrogen) atoms. The molecule has 2 heterocycles. The van der Waals surface area contributed by atoms with E-state index in [-0.39, 0.29) is 12.1 Å². The van der Waals surface area contributed by atoms with Gasteiger partial charge in [-0.15, -0.1) is 10.2 Å². The van der Waals surface area contributed by atoms with Crippen molar-refractivity contribution in [2.45, 2.75) is 19.9 Å². The quantitative estimate of drug-likeness (QED) is 0.713. The van der Waals surface area contributed by atoms with Crippen LogP contribution in [0.4, 0.5) is 0 Å². The number of nitrogens with zero attached hydrogens (tertiary/aromatic N) is 4. The Hall–Kier alpha value is -2.79. The average molecular weight is 351 g/mol. The molecule has 1 aromatic heterocycles. The highest BCUT2D eigenvalue weighted by molar-refractivity contribution is 6.31. The number of fused-ring (bicyclic) bond motifs is 3. The molecule has 1 aliphatic heterocycles. The van der Waals surface area contributed by atoms with Crippen LogP contribution in [-0.2, 0) is 13.0 Å². The van der Waals surface area contributed by atoms with Crippen LogP contribution in [0.1, 0.15) is 29.6 Å². The molecular weight excluding hydrogens is 336 g/mol. The Morgan fingerprint density at radius 1 is 1.12 bits per heavy atom. The molecule has 0 fully saturated rings. The third-order valence-electron chi connectivity index (χ3n) is 4.21. The van der Waals surface area contributed by atoms with E-state index in [0.717, 1.165) is 22.5 Å². The van der Waals surface area contributed by atoms with E-state index in [2.05, 4.69) is 10.2 Å². The number of rotatable bonds is 2. The topological polar surface area (TPSA) is 60.1 Å². The van der Waals surface area contributed by atoms with Gasteiger partial charge in [0.15, 0.2) is 5.82 Å². The molecule has 0 saturated heterocycles. The summed E-state index contributed by atoms with van der Waals surface area (Å²) in [5, 5.41) is 8.89. The van der Waals surface area contributed by atoms with Crippen LogP contribution in [0, 0.1) is 0 Å². The van der Waals surface area contributed by atoms with Crippen LogP contribution < -0.4 is 5.56 Å². The van der Waals surface area contributed by atoms with Crippen LogP contribution in [0.3, 0.4) is 0 Å². The summed E-state index contributed by atoms with van der Waals surface area (Å²) in [4.78, 5) is 17.6. The van der Waals surface area contributed by atoms with Crippen LogP contribution in [0.2, 0.25) is 5.02 Å². The molecule has 0 unspecified atom stereocenters. The Morgan fingerprint density at radius 2 is 1.92 bits per heavy atom. The highest BCUT2D eigenvalue weighted by Gasteiger charge is 2.22. The molecule has 0 spiro atoms. The van der Waals surface area contributed by atoms with Gasteiger partial charge in [0.25, 0.3) is 5.56 Å². The smallest absolute Gasteiger partial charge is 0.276 e. The van der Waals surface area contributed by atoms with E-state index in [0.29, 0.717) is 23.0 Å². The number of hydrogen-bond acceptors (Lipinski definition) is 4. The summed E-state index contributed by atoms with van der Waals surface area (Å²) in [6.07, 6.45) is 0.529. The van der Waals surface area contributed by atoms with Gasteiger partial charge >= 0.3 is 0 Å². The van der Waals surface area contributed by atoms with E-state index in [9.17, 15) is 4.79 Å². The SMILES string of the molecule is CCc1nnc2n(c1=O)-c1ccc(Cl)cc1C(c1ccccc1)=NC2. The fourth-order valence-electron chi connectivity index (χ4n) is 3.00. The standard InChI is InChI=1S/C19H15ClN4O/c1-2-15-19(25)24-16-9-8-13(20)10-14(16)18(12-6-4-3-5-7-12)21-11-17(24)23-22-15/h3-10H,2,11H2,1H3. The van der Waals surface area contributed by atoms with Crippen molar-refractivity contribution in [1.82, 2.24) is 14.8 Å². The first-order valence-electron chi connectivity index (χ1n) is 8.06. The monoisotopic (exact) mass is 350 g/mol. The zero-order valence-corrected chi connectivity index (χ0v) is 14.4. The minimum absolute atomic E-state index is 0.152. The Labute approximate surface area is 149 Å². The molecule has 4 rings (SSSR count). The van der Waals surface area contributed by atoms with Gasteiger partial charge in [-0.05, 0) is 24.6 Å². The zero-order chi connectivity index (χ0) is 17.4. The van der Waals surface area contributed by atoms with E-state index in [1.807, 2.05) is 49.4 Å². The van der Waals surface area contributed by atoms with Gasteiger partial charge in [-0.25, -0.2) is 0 Å². The Balaban J connectivity index is 2.04. The maximum Gasteiger partial charge on any atom is 0.280 e. The summed E-state index contributed by atoms with van der Waals surface area (Å²) in [5.74, 6) is 0.525. The lowest BCUT2D eigenvalue weighted by Crippen LogP contribution is -2.28. The summed E-state index contributed by atoms with van der Waals surface area (Å²) in [6, 6.07) is 15.3. The predicted octanol–water partition coefficient (Wildman–Crippen LogP) is 3.19. The van der Waals surface area contributed by atoms with Gasteiger partial charge in [0.1, 0.15) is 12.2 Å². The molecule has 3 aromatic rings. The normalized spacial score (nSPS) is 12.8. The van der Waals surface area contributed by atoms with Gasteiger partial charge < -0.3 is 0 Å². The zero-order valence-electron chi connectivity index (χ0n) is 13.6. The molecule has 2 aromatic carbocycles. The first-order chi connectivity index (χ1) is 12.2. The number of aromatic nitrogens is 3. The van der Waals surface area contributed by atoms with Crippen molar-refractivity contribution in [2.24, 2.45) is 4.99 Å². The van der Waals surface area contributed by atoms with Crippen molar-refractivity contribution in [3.05, 3.63) is 86.6 Å². The van der Waals surface area contributed by atoms with E-state index in [1.165, 1.54) is 0 Å². The van der Waals surface area contributed by atoms with Crippen molar-refractivity contribution >= 4 is 17.3 Å². The molecule has 0 saturated carbocycles. The Morgan fingerprint density at radius 3 is 2.68 bits per heavy atom. The number of hydrogen-bond donors (Lipinski definition) is 0. The molecule has 0 radical (unpaired) electrons. The lowest BCUT2D eigenvalue weighted by molar-refractivity contribution is 0.716. The Bertz CT molecular complexity index is 1040. The number of aliphatic imine (C=N–C) groups is 1. The first-order valence-corrected chi connectivity index (χ1v) is 8.44. The number of benzene rings is 2. The van der Waals surface area contributed by atoms with Crippen LogP contribution in [0.15, 0.2) is 58.3 Å². The van der Waals surface area contributed by atoms with Gasteiger partial charge in [-0.3, -0.25) is 14.4 Å². The number of halogens is 1. The average Bonchev–Trinajstić information content (AvgIpc) is 2.80. The van der Waals surface area contributed by atoms with Crippen molar-refractivity contribution in [2.75, 3.05) is 0 Å². The van der Waals surface area contributed by atoms with Gasteiger partial charge in [-0.1, -0.05) is 48.9 Å². The third-order valence-corrected chi connectivity index (χ3v) is 4.44. The van der Waals surface area contributed by atoms with Crippen molar-refractivity contribution < 1.29 is 0 Å². The third kappa shape index (κ3) is 2.66. The first kappa shape index (κ1) is 15.7. The molecule has 0 aliphatic carbocycles. The highest BCUT2D eigenvalue weighted by atomic mass is 35.5. The molecule has 0 bridgehead atoms. The molecule has 5 nitrogen and oxygen atoms in total. The van der Waals surface area contributed by atoms with Gasteiger partial charge in [0.05, 0.1) is 11.4 Å². The molecular formula is C19H15ClN4O. The molecule has 0 N–H and O–H groups in total. The van der Waals surface area contributed by atoms with Crippen LogP contribution in [0.5, 0.6) is 0 Å². The van der Waals surface area contributed by atoms with E-state index in [1.54, 1.807) is 10.6 Å². The maximum atomic E-state index is 12.9. The van der Waals surface area contributed by atoms with Gasteiger partial charge in [0.2, 0.25) is 0 Å². The molecule has 0 amide bonds. The van der Waals surface area contributed by atoms with Crippen LogP contribution in [-0.4, -0.2) is 20.5 Å². The minimum Gasteiger partial charge on any atom is -0.276 e. The summed E-state index contributed by atoms with van der Waals surface area (Å²) in [5.41, 5.74) is 3.59. The van der Waals surface area contributed by atoms with E-state index < -0.39 is 0 Å². The van der Waals surface area contributed by atoms with Crippen LogP contribution in [0.25, 0.3) is 5.69 Å². The molecule has 1 aliphatic rings. The van der Waals surface area contributed by atoms with E-state index in [4.69, 9.17) is 16.6 Å². The molecule has 124 valence electrons. The second-order valence-corrected chi connectivity index (χ2v) is 6.19.